The number of amides is 1. The van der Waals surface area contributed by atoms with Crippen molar-refractivity contribution in [2.45, 2.75) is 24.9 Å². The first kappa shape index (κ1) is 13.2. The van der Waals surface area contributed by atoms with Gasteiger partial charge in [-0.15, -0.1) is 0 Å². The van der Waals surface area contributed by atoms with Crippen molar-refractivity contribution in [2.75, 3.05) is 7.11 Å². The van der Waals surface area contributed by atoms with E-state index in [1.165, 1.54) is 24.2 Å². The largest absolute Gasteiger partial charge is 0.468 e. The number of nitrogens with two attached hydrogens (primary N) is 1. The number of nitrogens with one attached hydrogen (secondary N) is 1. The molecule has 0 aromatic carbocycles. The fraction of sp³-hybridized carbons (Fsp3) is 0.455. The minimum atomic E-state index is -0.857. The Morgan fingerprint density at radius 1 is 1.68 bits per heavy atom. The molecular weight excluding hydrogens is 252 g/mol. The van der Waals surface area contributed by atoms with Gasteiger partial charge in [-0.25, -0.2) is 4.98 Å². The summed E-state index contributed by atoms with van der Waals surface area (Å²) in [5, 5.41) is 2.49. The number of hydrogen-bond acceptors (Lipinski definition) is 6. The van der Waals surface area contributed by atoms with Crippen molar-refractivity contribution in [3.8, 4) is 0 Å². The minimum Gasteiger partial charge on any atom is -0.468 e. The van der Waals surface area contributed by atoms with Gasteiger partial charge in [0.15, 0.2) is 0 Å². The van der Waals surface area contributed by atoms with E-state index in [0.29, 0.717) is 5.69 Å². The summed E-state index contributed by atoms with van der Waals surface area (Å²) in [6.07, 6.45) is 3.10. The normalized spacial score (nSPS) is 19.3. The molecule has 0 bridgehead atoms. The van der Waals surface area contributed by atoms with Crippen LogP contribution in [0.3, 0.4) is 0 Å². The van der Waals surface area contributed by atoms with E-state index in [1.807, 2.05) is 0 Å². The summed E-state index contributed by atoms with van der Waals surface area (Å²) in [7, 11) is 1.24. The highest BCUT2D eigenvalue weighted by Crippen LogP contribution is 2.11. The van der Waals surface area contributed by atoms with Gasteiger partial charge in [-0.1, -0.05) is 0 Å². The first-order chi connectivity index (χ1) is 9.02. The number of imidazole rings is 1. The lowest BCUT2D eigenvalue weighted by molar-refractivity contribution is -0.142. The maximum atomic E-state index is 12.0. The quantitative estimate of drug-likeness (QED) is 0.503. The molecule has 8 heteroatoms. The van der Waals surface area contributed by atoms with E-state index in [1.54, 1.807) is 0 Å². The fourth-order valence-electron chi connectivity index (χ4n) is 1.81. The van der Waals surface area contributed by atoms with Crippen LogP contribution in [-0.2, 0) is 20.7 Å². The van der Waals surface area contributed by atoms with Gasteiger partial charge in [-0.3, -0.25) is 19.0 Å². The van der Waals surface area contributed by atoms with Crippen LogP contribution in [-0.4, -0.2) is 46.5 Å². The number of carbonyl (C=O) groups excluding carboxylic acids is 3. The van der Waals surface area contributed by atoms with E-state index in [2.05, 4.69) is 15.0 Å². The zero-order chi connectivity index (χ0) is 14.0. The summed E-state index contributed by atoms with van der Waals surface area (Å²) in [5.41, 5.74) is 6.14. The molecular formula is C11H14N4O4. The van der Waals surface area contributed by atoms with Crippen LogP contribution in [0.2, 0.25) is 0 Å². The van der Waals surface area contributed by atoms with Gasteiger partial charge in [0.2, 0.25) is 5.91 Å². The number of hydrogen-bond donors (Lipinski definition) is 2. The van der Waals surface area contributed by atoms with Gasteiger partial charge in [0.25, 0.3) is 5.91 Å². The van der Waals surface area contributed by atoms with Crippen molar-refractivity contribution in [3.63, 3.8) is 0 Å². The molecule has 0 saturated carbocycles. The summed E-state index contributed by atoms with van der Waals surface area (Å²) in [5.74, 6) is -1.01. The molecule has 8 nitrogen and oxygen atoms in total. The van der Waals surface area contributed by atoms with Gasteiger partial charge >= 0.3 is 5.97 Å². The van der Waals surface area contributed by atoms with Crippen LogP contribution in [0.1, 0.15) is 16.9 Å². The van der Waals surface area contributed by atoms with E-state index < -0.39 is 18.1 Å². The second-order valence-corrected chi connectivity index (χ2v) is 4.25. The summed E-state index contributed by atoms with van der Waals surface area (Å²) < 4.78 is 5.82. The number of rotatable bonds is 4. The van der Waals surface area contributed by atoms with Crippen molar-refractivity contribution in [2.24, 2.45) is 5.73 Å². The Bertz CT molecular complexity index is 517. The Hall–Kier alpha value is -2.22. The molecule has 1 aromatic rings. The smallest absolute Gasteiger partial charge is 0.323 e. The van der Waals surface area contributed by atoms with Crippen molar-refractivity contribution in [3.05, 3.63) is 18.2 Å². The third-order valence-corrected chi connectivity index (χ3v) is 2.91. The lowest BCUT2D eigenvalue weighted by atomic mass is 10.1. The molecule has 1 fully saturated rings. The number of methoxy groups -OCH3 is 1. The van der Waals surface area contributed by atoms with Crippen molar-refractivity contribution in [1.29, 1.82) is 0 Å². The van der Waals surface area contributed by atoms with E-state index in [9.17, 15) is 14.4 Å². The highest BCUT2D eigenvalue weighted by molar-refractivity contribution is 5.98. The number of ether oxygens (including phenoxy) is 1. The van der Waals surface area contributed by atoms with Gasteiger partial charge in [-0.2, -0.15) is 0 Å². The summed E-state index contributed by atoms with van der Waals surface area (Å²) in [4.78, 5) is 37.9. The number of aromatic nitrogens is 2. The van der Waals surface area contributed by atoms with Gasteiger partial charge < -0.3 is 15.8 Å². The Morgan fingerprint density at radius 2 is 2.37 bits per heavy atom. The second kappa shape index (κ2) is 5.19. The Morgan fingerprint density at radius 3 is 2.95 bits per heavy atom. The number of β-lactam (4-membered cyclic amide) rings is 1. The van der Waals surface area contributed by atoms with Gasteiger partial charge in [0.05, 0.1) is 13.5 Å². The molecule has 1 aliphatic heterocycles. The molecule has 0 radical (unpaired) electrons. The van der Waals surface area contributed by atoms with E-state index >= 15 is 0 Å². The molecule has 1 amide bonds. The van der Waals surface area contributed by atoms with Crippen LogP contribution < -0.4 is 11.1 Å². The minimum absolute atomic E-state index is 0.138. The molecule has 0 spiro atoms. The topological polar surface area (TPSA) is 116 Å². The van der Waals surface area contributed by atoms with E-state index in [0.717, 1.165) is 0 Å². The molecule has 2 heterocycles. The molecule has 3 N–H and O–H groups in total. The summed E-state index contributed by atoms with van der Waals surface area (Å²) >= 11 is 0. The van der Waals surface area contributed by atoms with Crippen LogP contribution in [0.4, 0.5) is 0 Å². The second-order valence-electron chi connectivity index (χ2n) is 4.25. The number of nitrogens with zero attached hydrogens (tertiary/aromatic N) is 2. The Kier molecular flexibility index (Phi) is 3.61. The average molecular weight is 266 g/mol. The first-order valence-electron chi connectivity index (χ1n) is 5.71. The zero-order valence-electron chi connectivity index (χ0n) is 10.3. The van der Waals surface area contributed by atoms with Gasteiger partial charge in [0, 0.05) is 18.3 Å². The maximum Gasteiger partial charge on any atom is 0.323 e. The Labute approximate surface area is 108 Å². The predicted octanol–water partition coefficient (Wildman–Crippen LogP) is -1.55. The van der Waals surface area contributed by atoms with Crippen LogP contribution in [0, 0.1) is 0 Å². The molecule has 1 saturated heterocycles. The maximum absolute atomic E-state index is 12.0. The molecule has 0 aliphatic carbocycles. The van der Waals surface area contributed by atoms with Gasteiger partial charge in [-0.05, 0) is 0 Å². The molecule has 2 atom stereocenters. The van der Waals surface area contributed by atoms with Crippen LogP contribution in [0.25, 0.3) is 0 Å². The molecule has 1 aliphatic rings. The van der Waals surface area contributed by atoms with Crippen LogP contribution >= 0.6 is 0 Å². The highest BCUT2D eigenvalue weighted by atomic mass is 16.5. The molecule has 0 unspecified atom stereocenters. The van der Waals surface area contributed by atoms with Crippen LogP contribution in [0.5, 0.6) is 0 Å². The first-order valence-corrected chi connectivity index (χ1v) is 5.71. The van der Waals surface area contributed by atoms with Crippen molar-refractivity contribution < 1.29 is 19.1 Å². The summed E-state index contributed by atoms with van der Waals surface area (Å²) in [6.45, 7) is 0. The average Bonchev–Trinajstić information content (AvgIpc) is 2.81. The van der Waals surface area contributed by atoms with Crippen molar-refractivity contribution in [1.82, 2.24) is 14.9 Å². The number of carbonyl (C=O) groups is 3. The monoisotopic (exact) mass is 266 g/mol. The highest BCUT2D eigenvalue weighted by Gasteiger charge is 2.33. The fourth-order valence-corrected chi connectivity index (χ4v) is 1.81. The lowest BCUT2D eigenvalue weighted by Gasteiger charge is -2.26. The molecule has 2 rings (SSSR count). The summed E-state index contributed by atoms with van der Waals surface area (Å²) in [6, 6.07) is -1.39. The molecule has 1 aromatic heterocycles. The number of esters is 1. The third-order valence-electron chi connectivity index (χ3n) is 2.91. The predicted molar refractivity (Wildman–Crippen MR) is 63.1 cm³/mol. The van der Waals surface area contributed by atoms with E-state index in [4.69, 9.17) is 5.73 Å². The standard InChI is InChI=1S/C11H14N4O4/c1-19-11(18)7(12)2-6-4-13-5-15(6)10(17)8-3-9(16)14-8/h4-5,7-8H,2-3,12H2,1H3,(H,14,16)/t7-,8-/m0/s1. The van der Waals surface area contributed by atoms with Crippen molar-refractivity contribution >= 4 is 17.8 Å². The zero-order valence-corrected chi connectivity index (χ0v) is 10.3. The lowest BCUT2D eigenvalue weighted by Crippen LogP contribution is -2.54. The van der Waals surface area contributed by atoms with Gasteiger partial charge in [0.1, 0.15) is 18.4 Å². The third kappa shape index (κ3) is 2.63. The molecule has 19 heavy (non-hydrogen) atoms. The Balaban J connectivity index is 2.07. The molecule has 102 valence electrons. The van der Waals surface area contributed by atoms with Crippen LogP contribution in [0.15, 0.2) is 12.5 Å². The SMILES string of the molecule is COC(=O)[C@@H](N)Cc1cncn1C(=O)[C@@H]1CC(=O)N1. The van der Waals surface area contributed by atoms with E-state index in [-0.39, 0.29) is 24.7 Å².